The van der Waals surface area contributed by atoms with E-state index in [1.54, 1.807) is 4.90 Å². The zero-order valence-electron chi connectivity index (χ0n) is 13.3. The van der Waals surface area contributed by atoms with E-state index < -0.39 is 0 Å². The smallest absolute Gasteiger partial charge is 0.232 e. The fourth-order valence-corrected chi connectivity index (χ4v) is 3.03. The maximum Gasteiger partial charge on any atom is 0.232 e. The highest BCUT2D eigenvalue weighted by Crippen LogP contribution is 2.31. The normalized spacial score (nSPS) is 17.5. The van der Waals surface area contributed by atoms with Crippen LogP contribution in [0, 0.1) is 6.92 Å². The lowest BCUT2D eigenvalue weighted by atomic mass is 10.1. The Hall–Kier alpha value is -2.95. The number of aryl methyl sites for hydroxylation is 1. The summed E-state index contributed by atoms with van der Waals surface area (Å²) >= 11 is 0. The van der Waals surface area contributed by atoms with Gasteiger partial charge in [-0.1, -0.05) is 47.1 Å². The van der Waals surface area contributed by atoms with Gasteiger partial charge < -0.3 is 9.42 Å². The van der Waals surface area contributed by atoms with E-state index in [1.165, 1.54) is 0 Å². The molecule has 2 heterocycles. The van der Waals surface area contributed by atoms with Crippen molar-refractivity contribution in [2.45, 2.75) is 19.3 Å². The molecule has 3 aromatic rings. The van der Waals surface area contributed by atoms with Crippen molar-refractivity contribution >= 4 is 11.6 Å². The summed E-state index contributed by atoms with van der Waals surface area (Å²) in [5.41, 5.74) is 2.97. The SMILES string of the molecule is Cc1cccc(-c2noc([C@H]3CC(=O)N(c4ccccc4)C3)n2)c1. The van der Waals surface area contributed by atoms with Gasteiger partial charge in [-0.2, -0.15) is 4.98 Å². The van der Waals surface area contributed by atoms with Crippen molar-refractivity contribution in [3.8, 4) is 11.4 Å². The highest BCUT2D eigenvalue weighted by molar-refractivity contribution is 5.96. The third-order valence-electron chi connectivity index (χ3n) is 4.26. The van der Waals surface area contributed by atoms with Crippen LogP contribution in [0.1, 0.15) is 23.8 Å². The maximum absolute atomic E-state index is 12.3. The van der Waals surface area contributed by atoms with Gasteiger partial charge in [-0.3, -0.25) is 4.79 Å². The van der Waals surface area contributed by atoms with Crippen LogP contribution in [-0.4, -0.2) is 22.6 Å². The molecule has 5 nitrogen and oxygen atoms in total. The average molecular weight is 319 g/mol. The first kappa shape index (κ1) is 14.6. The summed E-state index contributed by atoms with van der Waals surface area (Å²) in [6, 6.07) is 17.6. The summed E-state index contributed by atoms with van der Waals surface area (Å²) in [4.78, 5) is 18.6. The van der Waals surface area contributed by atoms with E-state index in [9.17, 15) is 4.79 Å². The van der Waals surface area contributed by atoms with Crippen LogP contribution in [0.2, 0.25) is 0 Å². The molecule has 120 valence electrons. The van der Waals surface area contributed by atoms with Gasteiger partial charge in [0.25, 0.3) is 0 Å². The molecular weight excluding hydrogens is 302 g/mol. The number of hydrogen-bond donors (Lipinski definition) is 0. The topological polar surface area (TPSA) is 59.2 Å². The molecule has 1 aromatic heterocycles. The van der Waals surface area contributed by atoms with E-state index in [2.05, 4.69) is 10.1 Å². The van der Waals surface area contributed by atoms with Gasteiger partial charge in [0.15, 0.2) is 0 Å². The molecule has 0 N–H and O–H groups in total. The fraction of sp³-hybridized carbons (Fsp3) is 0.211. The maximum atomic E-state index is 12.3. The van der Waals surface area contributed by atoms with Gasteiger partial charge in [-0.25, -0.2) is 0 Å². The molecule has 1 fully saturated rings. The molecule has 0 spiro atoms. The molecule has 2 aromatic carbocycles. The van der Waals surface area contributed by atoms with Crippen molar-refractivity contribution in [3.05, 3.63) is 66.1 Å². The largest absolute Gasteiger partial charge is 0.339 e. The van der Waals surface area contributed by atoms with Gasteiger partial charge in [-0.15, -0.1) is 0 Å². The van der Waals surface area contributed by atoms with Gasteiger partial charge >= 0.3 is 0 Å². The third kappa shape index (κ3) is 2.69. The second-order valence-corrected chi connectivity index (χ2v) is 6.07. The first-order valence-electron chi connectivity index (χ1n) is 7.97. The highest BCUT2D eigenvalue weighted by Gasteiger charge is 2.35. The summed E-state index contributed by atoms with van der Waals surface area (Å²) in [7, 11) is 0. The molecule has 1 amide bonds. The second-order valence-electron chi connectivity index (χ2n) is 6.07. The molecule has 1 aliphatic rings. The van der Waals surface area contributed by atoms with Gasteiger partial charge in [-0.05, 0) is 25.1 Å². The van der Waals surface area contributed by atoms with Crippen LogP contribution >= 0.6 is 0 Å². The molecular formula is C19H17N3O2. The van der Waals surface area contributed by atoms with Crippen molar-refractivity contribution in [1.82, 2.24) is 10.1 Å². The van der Waals surface area contributed by atoms with Crippen molar-refractivity contribution in [1.29, 1.82) is 0 Å². The number of para-hydroxylation sites is 1. The van der Waals surface area contributed by atoms with Crippen molar-refractivity contribution in [2.24, 2.45) is 0 Å². The average Bonchev–Trinajstić information content (AvgIpc) is 3.22. The summed E-state index contributed by atoms with van der Waals surface area (Å²) < 4.78 is 5.44. The summed E-state index contributed by atoms with van der Waals surface area (Å²) in [5.74, 6) is 1.11. The zero-order chi connectivity index (χ0) is 16.5. The Balaban J connectivity index is 1.57. The third-order valence-corrected chi connectivity index (χ3v) is 4.26. The van der Waals surface area contributed by atoms with E-state index in [4.69, 9.17) is 4.52 Å². The number of carbonyl (C=O) groups excluding carboxylic acids is 1. The van der Waals surface area contributed by atoms with E-state index in [0.29, 0.717) is 24.7 Å². The van der Waals surface area contributed by atoms with Crippen molar-refractivity contribution in [3.63, 3.8) is 0 Å². The molecule has 0 aliphatic carbocycles. The number of aromatic nitrogens is 2. The quantitative estimate of drug-likeness (QED) is 0.740. The molecule has 0 unspecified atom stereocenters. The van der Waals surface area contributed by atoms with E-state index in [1.807, 2.05) is 61.5 Å². The Labute approximate surface area is 139 Å². The zero-order valence-corrected chi connectivity index (χ0v) is 13.3. The Kier molecular flexibility index (Phi) is 3.61. The molecule has 1 atom stereocenters. The summed E-state index contributed by atoms with van der Waals surface area (Å²) in [6.07, 6.45) is 0.393. The Morgan fingerprint density at radius 2 is 1.96 bits per heavy atom. The van der Waals surface area contributed by atoms with Crippen LogP contribution in [-0.2, 0) is 4.79 Å². The molecule has 0 saturated carbocycles. The molecule has 0 radical (unpaired) electrons. The van der Waals surface area contributed by atoms with Crippen LogP contribution < -0.4 is 4.90 Å². The minimum absolute atomic E-state index is 0.0660. The van der Waals surface area contributed by atoms with Crippen LogP contribution in [0.3, 0.4) is 0 Å². The Morgan fingerprint density at radius 3 is 2.75 bits per heavy atom. The van der Waals surface area contributed by atoms with Gasteiger partial charge in [0.2, 0.25) is 17.6 Å². The molecule has 1 saturated heterocycles. The minimum atomic E-state index is -0.0660. The Bertz CT molecular complexity index is 873. The lowest BCUT2D eigenvalue weighted by Crippen LogP contribution is -2.24. The number of hydrogen-bond acceptors (Lipinski definition) is 4. The fourth-order valence-electron chi connectivity index (χ4n) is 3.03. The lowest BCUT2D eigenvalue weighted by molar-refractivity contribution is -0.117. The summed E-state index contributed by atoms with van der Waals surface area (Å²) in [5, 5.41) is 4.08. The van der Waals surface area contributed by atoms with Crippen LogP contribution in [0.15, 0.2) is 59.1 Å². The molecule has 24 heavy (non-hydrogen) atoms. The van der Waals surface area contributed by atoms with Crippen LogP contribution in [0.25, 0.3) is 11.4 Å². The predicted octanol–water partition coefficient (Wildman–Crippen LogP) is 3.57. The number of rotatable bonds is 3. The first-order chi connectivity index (χ1) is 11.7. The van der Waals surface area contributed by atoms with Gasteiger partial charge in [0.05, 0.1) is 5.92 Å². The number of anilines is 1. The molecule has 5 heteroatoms. The molecule has 4 rings (SSSR count). The van der Waals surface area contributed by atoms with Crippen LogP contribution in [0.4, 0.5) is 5.69 Å². The predicted molar refractivity (Wildman–Crippen MR) is 90.6 cm³/mol. The van der Waals surface area contributed by atoms with Gasteiger partial charge in [0, 0.05) is 24.2 Å². The number of benzene rings is 2. The number of amides is 1. The van der Waals surface area contributed by atoms with Gasteiger partial charge in [0.1, 0.15) is 0 Å². The van der Waals surface area contributed by atoms with Crippen molar-refractivity contribution in [2.75, 3.05) is 11.4 Å². The monoisotopic (exact) mass is 319 g/mol. The number of nitrogens with zero attached hydrogens (tertiary/aromatic N) is 3. The molecule has 1 aliphatic heterocycles. The second kappa shape index (κ2) is 5.92. The van der Waals surface area contributed by atoms with E-state index in [0.717, 1.165) is 16.8 Å². The number of carbonyl (C=O) groups is 1. The minimum Gasteiger partial charge on any atom is -0.339 e. The lowest BCUT2D eigenvalue weighted by Gasteiger charge is -2.15. The van der Waals surface area contributed by atoms with E-state index in [-0.39, 0.29) is 11.8 Å². The highest BCUT2D eigenvalue weighted by atomic mass is 16.5. The first-order valence-corrected chi connectivity index (χ1v) is 7.97. The van der Waals surface area contributed by atoms with Crippen molar-refractivity contribution < 1.29 is 9.32 Å². The molecule has 0 bridgehead atoms. The van der Waals surface area contributed by atoms with E-state index >= 15 is 0 Å². The Morgan fingerprint density at radius 1 is 1.12 bits per heavy atom. The standard InChI is InChI=1S/C19H17N3O2/c1-13-6-5-7-14(10-13)18-20-19(24-21-18)15-11-17(23)22(12-15)16-8-3-2-4-9-16/h2-10,15H,11-12H2,1H3/t15-/m0/s1. The summed E-state index contributed by atoms with van der Waals surface area (Å²) in [6.45, 7) is 2.59. The van der Waals surface area contributed by atoms with Crippen LogP contribution in [0.5, 0.6) is 0 Å².